The Balaban J connectivity index is 2.00. The normalized spacial score (nSPS) is 10.2. The molecule has 1 amide bonds. The molecule has 2 aromatic rings. The Kier molecular flexibility index (Phi) is 4.57. The number of carbonyl (C=O) groups excluding carboxylic acids is 1. The fraction of sp³-hybridized carbons (Fsp3) is 0.286. The topological polar surface area (TPSA) is 54.5 Å². The van der Waals surface area contributed by atoms with Gasteiger partial charge >= 0.3 is 0 Å². The van der Waals surface area contributed by atoms with Gasteiger partial charge < -0.3 is 15.0 Å². The predicted molar refractivity (Wildman–Crippen MR) is 81.7 cm³/mol. The summed E-state index contributed by atoms with van der Waals surface area (Å²) >= 11 is 1.42. The maximum atomic E-state index is 12.0. The Morgan fingerprint density at radius 2 is 2.20 bits per heavy atom. The molecule has 1 aromatic carbocycles. The zero-order valence-corrected chi connectivity index (χ0v) is 12.5. The molecule has 2 rings (SSSR count). The number of ether oxygens (including phenoxy) is 1. The third kappa shape index (κ3) is 3.48. The Morgan fingerprint density at radius 1 is 1.45 bits per heavy atom. The lowest BCUT2D eigenvalue weighted by Crippen LogP contribution is -2.30. The summed E-state index contributed by atoms with van der Waals surface area (Å²) in [6, 6.07) is 7.60. The van der Waals surface area contributed by atoms with Gasteiger partial charge in [-0.15, -0.1) is 11.3 Å². The fourth-order valence-corrected chi connectivity index (χ4v) is 2.52. The molecule has 1 N–H and O–H groups in total. The van der Waals surface area contributed by atoms with Crippen LogP contribution in [-0.4, -0.2) is 31.6 Å². The highest BCUT2D eigenvalue weighted by Gasteiger charge is 2.12. The van der Waals surface area contributed by atoms with E-state index in [1.807, 2.05) is 48.5 Å². The summed E-state index contributed by atoms with van der Waals surface area (Å²) in [5, 5.41) is 5.32. The molecule has 0 aliphatic rings. The van der Waals surface area contributed by atoms with Gasteiger partial charge in [-0.3, -0.25) is 4.79 Å². The highest BCUT2D eigenvalue weighted by molar-refractivity contribution is 7.13. The number of amides is 1. The van der Waals surface area contributed by atoms with Crippen LogP contribution in [0.25, 0.3) is 0 Å². The second-order valence-corrected chi connectivity index (χ2v) is 5.23. The third-order valence-corrected chi connectivity index (χ3v) is 3.62. The van der Waals surface area contributed by atoms with E-state index < -0.39 is 0 Å². The van der Waals surface area contributed by atoms with Crippen LogP contribution in [0.2, 0.25) is 0 Å². The second-order valence-electron chi connectivity index (χ2n) is 4.37. The van der Waals surface area contributed by atoms with Gasteiger partial charge in [-0.25, -0.2) is 4.98 Å². The lowest BCUT2D eigenvalue weighted by Gasteiger charge is -2.20. The number of anilines is 2. The molecule has 1 heterocycles. The van der Waals surface area contributed by atoms with Crippen LogP contribution in [0, 0.1) is 6.92 Å². The van der Waals surface area contributed by atoms with Crippen LogP contribution >= 0.6 is 11.3 Å². The van der Waals surface area contributed by atoms with Crippen molar-refractivity contribution in [1.29, 1.82) is 0 Å². The molecule has 0 aliphatic heterocycles. The molecule has 20 heavy (non-hydrogen) atoms. The highest BCUT2D eigenvalue weighted by atomic mass is 32.1. The quantitative estimate of drug-likeness (QED) is 0.919. The standard InChI is InChI=1S/C14H17N3O2S/c1-10-9-20-14(15-10)16-13(18)8-17(2)11-6-4-5-7-12(11)19-3/h4-7,9H,8H2,1-3H3,(H,15,16,18). The van der Waals surface area contributed by atoms with Crippen molar-refractivity contribution in [2.75, 3.05) is 30.9 Å². The van der Waals surface area contributed by atoms with E-state index in [1.165, 1.54) is 11.3 Å². The van der Waals surface area contributed by atoms with Gasteiger partial charge in [0.15, 0.2) is 5.13 Å². The average Bonchev–Trinajstić information content (AvgIpc) is 2.83. The van der Waals surface area contributed by atoms with E-state index in [1.54, 1.807) is 7.11 Å². The van der Waals surface area contributed by atoms with Crippen molar-refractivity contribution < 1.29 is 9.53 Å². The number of para-hydroxylation sites is 2. The minimum Gasteiger partial charge on any atom is -0.495 e. The number of hydrogen-bond acceptors (Lipinski definition) is 5. The van der Waals surface area contributed by atoms with Crippen LogP contribution in [0.1, 0.15) is 5.69 Å². The number of aryl methyl sites for hydroxylation is 1. The maximum absolute atomic E-state index is 12.0. The van der Waals surface area contributed by atoms with Gasteiger partial charge in [0.05, 0.1) is 25.0 Å². The Labute approximate surface area is 122 Å². The van der Waals surface area contributed by atoms with Crippen molar-refractivity contribution >= 4 is 28.1 Å². The number of methoxy groups -OCH3 is 1. The minimum atomic E-state index is -0.104. The molecule has 0 saturated heterocycles. The van der Waals surface area contributed by atoms with Crippen molar-refractivity contribution in [3.05, 3.63) is 35.3 Å². The van der Waals surface area contributed by atoms with Gasteiger partial charge in [-0.05, 0) is 19.1 Å². The molecule has 106 valence electrons. The van der Waals surface area contributed by atoms with Crippen LogP contribution in [0.15, 0.2) is 29.6 Å². The summed E-state index contributed by atoms with van der Waals surface area (Å²) in [5.41, 5.74) is 1.78. The van der Waals surface area contributed by atoms with E-state index in [-0.39, 0.29) is 12.5 Å². The Bertz CT molecular complexity index is 598. The van der Waals surface area contributed by atoms with Gasteiger partial charge in [0, 0.05) is 12.4 Å². The second kappa shape index (κ2) is 6.38. The molecule has 0 unspecified atom stereocenters. The average molecular weight is 291 g/mol. The van der Waals surface area contributed by atoms with Crippen molar-refractivity contribution in [1.82, 2.24) is 4.98 Å². The van der Waals surface area contributed by atoms with Crippen molar-refractivity contribution in [3.8, 4) is 5.75 Å². The van der Waals surface area contributed by atoms with Gasteiger partial charge in [0.25, 0.3) is 0 Å². The molecule has 0 atom stereocenters. The number of likely N-dealkylation sites (N-methyl/N-ethyl adjacent to an activating group) is 1. The fourth-order valence-electron chi connectivity index (χ4n) is 1.82. The number of nitrogens with zero attached hydrogens (tertiary/aromatic N) is 2. The number of hydrogen-bond donors (Lipinski definition) is 1. The van der Waals surface area contributed by atoms with E-state index in [9.17, 15) is 4.79 Å². The first-order valence-corrected chi connectivity index (χ1v) is 7.04. The van der Waals surface area contributed by atoms with Gasteiger partial charge in [0.2, 0.25) is 5.91 Å². The first kappa shape index (κ1) is 14.3. The third-order valence-electron chi connectivity index (χ3n) is 2.74. The summed E-state index contributed by atoms with van der Waals surface area (Å²) in [7, 11) is 3.47. The van der Waals surface area contributed by atoms with Crippen LogP contribution in [-0.2, 0) is 4.79 Å². The molecular formula is C14H17N3O2S. The van der Waals surface area contributed by atoms with Gasteiger partial charge in [0.1, 0.15) is 5.75 Å². The molecule has 0 bridgehead atoms. The van der Waals surface area contributed by atoms with E-state index in [0.29, 0.717) is 5.13 Å². The molecule has 5 nitrogen and oxygen atoms in total. The number of nitrogens with one attached hydrogen (secondary N) is 1. The van der Waals surface area contributed by atoms with Crippen molar-refractivity contribution in [2.24, 2.45) is 0 Å². The van der Waals surface area contributed by atoms with Crippen molar-refractivity contribution in [3.63, 3.8) is 0 Å². The van der Waals surface area contributed by atoms with E-state index >= 15 is 0 Å². The first-order chi connectivity index (χ1) is 9.60. The Morgan fingerprint density at radius 3 is 2.85 bits per heavy atom. The predicted octanol–water partition coefficient (Wildman–Crippen LogP) is 2.54. The van der Waals surface area contributed by atoms with Crippen LogP contribution < -0.4 is 15.0 Å². The summed E-state index contributed by atoms with van der Waals surface area (Å²) in [6.45, 7) is 2.13. The summed E-state index contributed by atoms with van der Waals surface area (Å²) in [4.78, 5) is 18.0. The van der Waals surface area contributed by atoms with Crippen molar-refractivity contribution in [2.45, 2.75) is 6.92 Å². The highest BCUT2D eigenvalue weighted by Crippen LogP contribution is 2.26. The molecule has 1 aromatic heterocycles. The first-order valence-electron chi connectivity index (χ1n) is 6.16. The lowest BCUT2D eigenvalue weighted by molar-refractivity contribution is -0.114. The van der Waals surface area contributed by atoms with Gasteiger partial charge in [-0.2, -0.15) is 0 Å². The number of rotatable bonds is 5. The summed E-state index contributed by atoms with van der Waals surface area (Å²) in [5.74, 6) is 0.639. The largest absolute Gasteiger partial charge is 0.495 e. The zero-order chi connectivity index (χ0) is 14.5. The lowest BCUT2D eigenvalue weighted by atomic mass is 10.2. The Hall–Kier alpha value is -2.08. The number of aromatic nitrogens is 1. The van der Waals surface area contributed by atoms with Crippen LogP contribution in [0.5, 0.6) is 5.75 Å². The van der Waals surface area contributed by atoms with E-state index in [2.05, 4.69) is 10.3 Å². The SMILES string of the molecule is COc1ccccc1N(C)CC(=O)Nc1nc(C)cs1. The van der Waals surface area contributed by atoms with Gasteiger partial charge in [-0.1, -0.05) is 12.1 Å². The monoisotopic (exact) mass is 291 g/mol. The summed E-state index contributed by atoms with van der Waals surface area (Å²) < 4.78 is 5.29. The number of benzene rings is 1. The van der Waals surface area contributed by atoms with E-state index in [0.717, 1.165) is 17.1 Å². The molecule has 0 saturated carbocycles. The minimum absolute atomic E-state index is 0.104. The maximum Gasteiger partial charge on any atom is 0.245 e. The number of carbonyl (C=O) groups is 1. The molecule has 0 spiro atoms. The van der Waals surface area contributed by atoms with Crippen LogP contribution in [0.4, 0.5) is 10.8 Å². The molecule has 0 fully saturated rings. The summed E-state index contributed by atoms with van der Waals surface area (Å²) in [6.07, 6.45) is 0. The molecule has 0 aliphatic carbocycles. The molecule has 0 radical (unpaired) electrons. The molecule has 6 heteroatoms. The van der Waals surface area contributed by atoms with Crippen LogP contribution in [0.3, 0.4) is 0 Å². The van der Waals surface area contributed by atoms with E-state index in [4.69, 9.17) is 4.74 Å². The zero-order valence-electron chi connectivity index (χ0n) is 11.7. The number of thiazole rings is 1. The smallest absolute Gasteiger partial charge is 0.245 e. The molecular weight excluding hydrogens is 274 g/mol.